The molecule has 4 heteroatoms. The Hall–Kier alpha value is -1.55. The lowest BCUT2D eigenvalue weighted by atomic mass is 10.0. The van der Waals surface area contributed by atoms with Gasteiger partial charge in [0.2, 0.25) is 0 Å². The Kier molecular flexibility index (Phi) is 4.97. The van der Waals surface area contributed by atoms with Crippen molar-refractivity contribution in [3.63, 3.8) is 0 Å². The second kappa shape index (κ2) is 6.25. The predicted molar refractivity (Wildman–Crippen MR) is 66.3 cm³/mol. The van der Waals surface area contributed by atoms with Gasteiger partial charge in [-0.05, 0) is 30.5 Å². The minimum Gasteiger partial charge on any atom is -0.493 e. The summed E-state index contributed by atoms with van der Waals surface area (Å²) in [6.45, 7) is 3.41. The number of esters is 1. The summed E-state index contributed by atoms with van der Waals surface area (Å²) in [4.78, 5) is 10.9. The van der Waals surface area contributed by atoms with E-state index in [1.54, 1.807) is 13.2 Å². The summed E-state index contributed by atoms with van der Waals surface area (Å²) in [6, 6.07) is 5.63. The van der Waals surface area contributed by atoms with Crippen LogP contribution in [0, 0.1) is 0 Å². The highest BCUT2D eigenvalue weighted by molar-refractivity contribution is 5.70. The maximum atomic E-state index is 10.9. The molecular weight excluding hydrogens is 218 g/mol. The molecule has 0 saturated heterocycles. The van der Waals surface area contributed by atoms with Gasteiger partial charge in [-0.2, -0.15) is 0 Å². The number of methoxy groups -OCH3 is 1. The zero-order valence-corrected chi connectivity index (χ0v) is 10.5. The normalized spacial score (nSPS) is 12.0. The van der Waals surface area contributed by atoms with Gasteiger partial charge in [-0.3, -0.25) is 4.79 Å². The van der Waals surface area contributed by atoms with Crippen molar-refractivity contribution in [3.8, 4) is 11.5 Å². The highest BCUT2D eigenvalue weighted by Gasteiger charge is 2.09. The van der Waals surface area contributed by atoms with Gasteiger partial charge in [0.15, 0.2) is 11.5 Å². The molecule has 17 heavy (non-hydrogen) atoms. The molecule has 0 saturated carbocycles. The largest absolute Gasteiger partial charge is 0.493 e. The number of benzene rings is 1. The van der Waals surface area contributed by atoms with Crippen molar-refractivity contribution in [3.05, 3.63) is 23.8 Å². The molecule has 1 aromatic carbocycles. The Balaban J connectivity index is 2.88. The van der Waals surface area contributed by atoms with Crippen molar-refractivity contribution in [1.29, 1.82) is 0 Å². The van der Waals surface area contributed by atoms with Gasteiger partial charge in [0.25, 0.3) is 0 Å². The van der Waals surface area contributed by atoms with Gasteiger partial charge in [0, 0.05) is 13.0 Å². The van der Waals surface area contributed by atoms with Crippen molar-refractivity contribution < 1.29 is 14.3 Å². The summed E-state index contributed by atoms with van der Waals surface area (Å²) >= 11 is 0. The van der Waals surface area contributed by atoms with E-state index in [1.165, 1.54) is 6.92 Å². The van der Waals surface area contributed by atoms with E-state index in [-0.39, 0.29) is 12.0 Å². The van der Waals surface area contributed by atoms with Crippen molar-refractivity contribution in [2.24, 2.45) is 5.73 Å². The lowest BCUT2D eigenvalue weighted by Crippen LogP contribution is -2.21. The van der Waals surface area contributed by atoms with E-state index in [2.05, 4.69) is 6.92 Å². The molecular formula is C13H19NO3. The fourth-order valence-electron chi connectivity index (χ4n) is 1.53. The second-order valence-corrected chi connectivity index (χ2v) is 3.95. The molecule has 4 nitrogen and oxygen atoms in total. The lowest BCUT2D eigenvalue weighted by Gasteiger charge is -2.12. The molecule has 0 bridgehead atoms. The van der Waals surface area contributed by atoms with Crippen LogP contribution in [0.5, 0.6) is 11.5 Å². The SMILES string of the molecule is CCC(N)Cc1ccc(OC(C)=O)c(OC)c1. The molecule has 1 atom stereocenters. The Morgan fingerprint density at radius 3 is 2.65 bits per heavy atom. The number of rotatable bonds is 5. The summed E-state index contributed by atoms with van der Waals surface area (Å²) < 4.78 is 10.2. The first-order valence-electron chi connectivity index (χ1n) is 5.67. The van der Waals surface area contributed by atoms with E-state index < -0.39 is 0 Å². The Bertz CT molecular complexity index is 390. The maximum Gasteiger partial charge on any atom is 0.308 e. The van der Waals surface area contributed by atoms with Gasteiger partial charge in [-0.15, -0.1) is 0 Å². The molecule has 0 aliphatic heterocycles. The average molecular weight is 237 g/mol. The van der Waals surface area contributed by atoms with Crippen LogP contribution in [0.3, 0.4) is 0 Å². The fourth-order valence-corrected chi connectivity index (χ4v) is 1.53. The quantitative estimate of drug-likeness (QED) is 0.627. The van der Waals surface area contributed by atoms with Gasteiger partial charge in [0.1, 0.15) is 0 Å². The highest BCUT2D eigenvalue weighted by Crippen LogP contribution is 2.28. The minimum absolute atomic E-state index is 0.138. The molecule has 0 spiro atoms. The third-order valence-electron chi connectivity index (χ3n) is 2.50. The first kappa shape index (κ1) is 13.5. The van der Waals surface area contributed by atoms with Crippen LogP contribution >= 0.6 is 0 Å². The third kappa shape index (κ3) is 4.07. The standard InChI is InChI=1S/C13H19NO3/c1-4-11(14)7-10-5-6-12(17-9(2)15)13(8-10)16-3/h5-6,8,11H,4,7,14H2,1-3H3. The van der Waals surface area contributed by atoms with Crippen molar-refractivity contribution in [2.75, 3.05) is 7.11 Å². The second-order valence-electron chi connectivity index (χ2n) is 3.95. The van der Waals surface area contributed by atoms with Crippen LogP contribution < -0.4 is 15.2 Å². The molecule has 94 valence electrons. The van der Waals surface area contributed by atoms with Gasteiger partial charge in [-0.1, -0.05) is 13.0 Å². The molecule has 0 aliphatic carbocycles. The van der Waals surface area contributed by atoms with E-state index in [1.807, 2.05) is 12.1 Å². The average Bonchev–Trinajstić information content (AvgIpc) is 2.30. The Morgan fingerprint density at radius 2 is 2.12 bits per heavy atom. The minimum atomic E-state index is -0.360. The number of ether oxygens (including phenoxy) is 2. The topological polar surface area (TPSA) is 61.5 Å². The van der Waals surface area contributed by atoms with E-state index >= 15 is 0 Å². The molecule has 2 N–H and O–H groups in total. The first-order valence-corrected chi connectivity index (χ1v) is 5.67. The van der Waals surface area contributed by atoms with E-state index in [0.717, 1.165) is 18.4 Å². The molecule has 0 fully saturated rings. The monoisotopic (exact) mass is 237 g/mol. The summed E-state index contributed by atoms with van der Waals surface area (Å²) in [5.41, 5.74) is 6.97. The van der Waals surface area contributed by atoms with Gasteiger partial charge < -0.3 is 15.2 Å². The van der Waals surface area contributed by atoms with E-state index in [9.17, 15) is 4.79 Å². The van der Waals surface area contributed by atoms with Crippen LogP contribution in [-0.2, 0) is 11.2 Å². The zero-order chi connectivity index (χ0) is 12.8. The molecule has 1 rings (SSSR count). The van der Waals surface area contributed by atoms with E-state index in [4.69, 9.17) is 15.2 Å². The highest BCUT2D eigenvalue weighted by atomic mass is 16.6. The summed E-state index contributed by atoms with van der Waals surface area (Å²) in [6.07, 6.45) is 1.71. The molecule has 1 aromatic rings. The smallest absolute Gasteiger partial charge is 0.308 e. The zero-order valence-electron chi connectivity index (χ0n) is 10.5. The fraction of sp³-hybridized carbons (Fsp3) is 0.462. The van der Waals surface area contributed by atoms with Crippen LogP contribution in [0.1, 0.15) is 25.8 Å². The molecule has 0 radical (unpaired) electrons. The maximum absolute atomic E-state index is 10.9. The molecule has 0 aromatic heterocycles. The van der Waals surface area contributed by atoms with Gasteiger partial charge in [0.05, 0.1) is 7.11 Å². The predicted octanol–water partition coefficient (Wildman–Crippen LogP) is 1.90. The number of carbonyl (C=O) groups is 1. The van der Waals surface area contributed by atoms with Crippen molar-refractivity contribution in [1.82, 2.24) is 0 Å². The number of carbonyl (C=O) groups excluding carboxylic acids is 1. The van der Waals surface area contributed by atoms with E-state index in [0.29, 0.717) is 11.5 Å². The molecule has 0 aliphatic rings. The summed E-state index contributed by atoms with van der Waals surface area (Å²) in [5, 5.41) is 0. The third-order valence-corrected chi connectivity index (χ3v) is 2.50. The molecule has 0 amide bonds. The number of hydrogen-bond acceptors (Lipinski definition) is 4. The van der Waals surface area contributed by atoms with Crippen LogP contribution in [-0.4, -0.2) is 19.1 Å². The molecule has 0 heterocycles. The Morgan fingerprint density at radius 1 is 1.41 bits per heavy atom. The van der Waals surface area contributed by atoms with Crippen molar-refractivity contribution in [2.45, 2.75) is 32.7 Å². The summed E-state index contributed by atoms with van der Waals surface area (Å²) in [5.74, 6) is 0.635. The molecule has 1 unspecified atom stereocenters. The first-order chi connectivity index (χ1) is 8.06. The van der Waals surface area contributed by atoms with Crippen LogP contribution in [0.2, 0.25) is 0 Å². The number of hydrogen-bond donors (Lipinski definition) is 1. The summed E-state index contributed by atoms with van der Waals surface area (Å²) in [7, 11) is 1.55. The Labute approximate surface area is 102 Å². The number of nitrogens with two attached hydrogens (primary N) is 1. The van der Waals surface area contributed by atoms with Gasteiger partial charge >= 0.3 is 5.97 Å². The van der Waals surface area contributed by atoms with Crippen molar-refractivity contribution >= 4 is 5.97 Å². The van der Waals surface area contributed by atoms with Gasteiger partial charge in [-0.25, -0.2) is 0 Å². The lowest BCUT2D eigenvalue weighted by molar-refractivity contribution is -0.132. The van der Waals surface area contributed by atoms with Crippen LogP contribution in [0.15, 0.2) is 18.2 Å². The van der Waals surface area contributed by atoms with Crippen LogP contribution in [0.25, 0.3) is 0 Å². The van der Waals surface area contributed by atoms with Crippen LogP contribution in [0.4, 0.5) is 0 Å².